The molecule has 0 bridgehead atoms. The summed E-state index contributed by atoms with van der Waals surface area (Å²) in [5.74, 6) is -0.204. The molecular formula is C14H26N4O3. The van der Waals surface area contributed by atoms with Crippen LogP contribution in [0.5, 0.6) is 0 Å². The maximum Gasteiger partial charge on any atom is 0.224 e. The Labute approximate surface area is 126 Å². The highest BCUT2D eigenvalue weighted by Crippen LogP contribution is 2.02. The lowest BCUT2D eigenvalue weighted by atomic mass is 10.2. The van der Waals surface area contributed by atoms with Crippen LogP contribution in [-0.2, 0) is 14.4 Å². The van der Waals surface area contributed by atoms with Gasteiger partial charge in [-0.15, -0.1) is 0 Å². The Bertz CT molecular complexity index is 365. The van der Waals surface area contributed by atoms with Crippen molar-refractivity contribution >= 4 is 17.7 Å². The quantitative estimate of drug-likeness (QED) is 0.644. The van der Waals surface area contributed by atoms with Crippen LogP contribution in [0.3, 0.4) is 0 Å². The van der Waals surface area contributed by atoms with Gasteiger partial charge in [0.05, 0.1) is 0 Å². The van der Waals surface area contributed by atoms with Crippen molar-refractivity contribution < 1.29 is 14.4 Å². The maximum absolute atomic E-state index is 12.0. The first-order chi connectivity index (χ1) is 10.0. The molecule has 1 heterocycles. The van der Waals surface area contributed by atoms with Gasteiger partial charge in [0.25, 0.3) is 0 Å². The lowest BCUT2D eigenvalue weighted by molar-refractivity contribution is -0.132. The van der Waals surface area contributed by atoms with Crippen molar-refractivity contribution in [3.8, 4) is 0 Å². The second-order valence-electron chi connectivity index (χ2n) is 5.15. The van der Waals surface area contributed by atoms with Gasteiger partial charge < -0.3 is 20.4 Å². The summed E-state index contributed by atoms with van der Waals surface area (Å²) >= 11 is 0. The highest BCUT2D eigenvalue weighted by atomic mass is 16.2. The minimum atomic E-state index is -0.149. The van der Waals surface area contributed by atoms with Crippen LogP contribution < -0.4 is 10.6 Å². The first kappa shape index (κ1) is 17.4. The van der Waals surface area contributed by atoms with Crippen molar-refractivity contribution in [2.75, 3.05) is 45.8 Å². The zero-order chi connectivity index (χ0) is 15.7. The van der Waals surface area contributed by atoms with E-state index in [0.29, 0.717) is 19.5 Å². The van der Waals surface area contributed by atoms with Crippen LogP contribution in [0.15, 0.2) is 0 Å². The standard InChI is InChI=1S/C14H26N4O3/c1-3-17-8-10-18(11-9-17)14(21)5-7-16-13(20)4-6-15-12(2)19/h3-11H2,1-2H3,(H,15,19)(H,16,20). The smallest absolute Gasteiger partial charge is 0.224 e. The number of nitrogens with one attached hydrogen (secondary N) is 2. The van der Waals surface area contributed by atoms with E-state index in [4.69, 9.17) is 0 Å². The minimum absolute atomic E-state index is 0.0907. The number of piperazine rings is 1. The predicted octanol–water partition coefficient (Wildman–Crippen LogP) is -0.817. The molecule has 1 rings (SSSR count). The fourth-order valence-corrected chi connectivity index (χ4v) is 2.22. The van der Waals surface area contributed by atoms with E-state index in [1.54, 1.807) is 0 Å². The van der Waals surface area contributed by atoms with E-state index in [-0.39, 0.29) is 24.1 Å². The second kappa shape index (κ2) is 9.33. The Morgan fingerprint density at radius 1 is 0.952 bits per heavy atom. The van der Waals surface area contributed by atoms with E-state index in [1.807, 2.05) is 4.90 Å². The third-order valence-electron chi connectivity index (χ3n) is 3.56. The highest BCUT2D eigenvalue weighted by molar-refractivity contribution is 5.80. The van der Waals surface area contributed by atoms with Crippen molar-refractivity contribution in [1.29, 1.82) is 0 Å². The van der Waals surface area contributed by atoms with Crippen LogP contribution in [-0.4, -0.2) is 73.3 Å². The molecule has 0 aromatic carbocycles. The normalized spacial score (nSPS) is 15.6. The van der Waals surface area contributed by atoms with Crippen LogP contribution in [0.1, 0.15) is 26.7 Å². The molecule has 2 N–H and O–H groups in total. The Hall–Kier alpha value is -1.63. The Morgan fingerprint density at radius 2 is 1.57 bits per heavy atom. The molecular weight excluding hydrogens is 272 g/mol. The number of rotatable bonds is 7. The van der Waals surface area contributed by atoms with Crippen molar-refractivity contribution in [3.63, 3.8) is 0 Å². The van der Waals surface area contributed by atoms with Crippen molar-refractivity contribution in [2.24, 2.45) is 0 Å². The molecule has 0 atom stereocenters. The Balaban J connectivity index is 2.10. The number of likely N-dealkylation sites (N-methyl/N-ethyl adjacent to an activating group) is 1. The monoisotopic (exact) mass is 298 g/mol. The summed E-state index contributed by atoms with van der Waals surface area (Å²) in [6.45, 7) is 8.61. The number of carbonyl (C=O) groups is 3. The van der Waals surface area contributed by atoms with Gasteiger partial charge in [-0.3, -0.25) is 14.4 Å². The first-order valence-electron chi connectivity index (χ1n) is 7.54. The minimum Gasteiger partial charge on any atom is -0.356 e. The molecule has 0 spiro atoms. The van der Waals surface area contributed by atoms with E-state index < -0.39 is 0 Å². The molecule has 0 radical (unpaired) electrons. The molecule has 0 saturated carbocycles. The molecule has 0 aromatic heterocycles. The van der Waals surface area contributed by atoms with E-state index in [1.165, 1.54) is 6.92 Å². The summed E-state index contributed by atoms with van der Waals surface area (Å²) < 4.78 is 0. The van der Waals surface area contributed by atoms with Crippen LogP contribution >= 0.6 is 0 Å². The topological polar surface area (TPSA) is 81.8 Å². The van der Waals surface area contributed by atoms with E-state index in [2.05, 4.69) is 22.5 Å². The SMILES string of the molecule is CCN1CCN(C(=O)CCNC(=O)CCNC(C)=O)CC1. The lowest BCUT2D eigenvalue weighted by Gasteiger charge is -2.34. The fourth-order valence-electron chi connectivity index (χ4n) is 2.22. The summed E-state index contributed by atoms with van der Waals surface area (Å²) in [7, 11) is 0. The third-order valence-corrected chi connectivity index (χ3v) is 3.56. The molecule has 0 aliphatic carbocycles. The van der Waals surface area contributed by atoms with Gasteiger partial charge in [-0.2, -0.15) is 0 Å². The van der Waals surface area contributed by atoms with E-state index in [9.17, 15) is 14.4 Å². The lowest BCUT2D eigenvalue weighted by Crippen LogP contribution is -2.49. The van der Waals surface area contributed by atoms with Crippen LogP contribution in [0, 0.1) is 0 Å². The molecule has 7 nitrogen and oxygen atoms in total. The van der Waals surface area contributed by atoms with Gasteiger partial charge in [0.15, 0.2) is 0 Å². The van der Waals surface area contributed by atoms with Crippen LogP contribution in [0.25, 0.3) is 0 Å². The number of carbonyl (C=O) groups excluding carboxylic acids is 3. The number of hydrogen-bond donors (Lipinski definition) is 2. The zero-order valence-electron chi connectivity index (χ0n) is 13.0. The first-order valence-corrected chi connectivity index (χ1v) is 7.54. The van der Waals surface area contributed by atoms with Gasteiger partial charge in [-0.25, -0.2) is 0 Å². The number of amides is 3. The fraction of sp³-hybridized carbons (Fsp3) is 0.786. The highest BCUT2D eigenvalue weighted by Gasteiger charge is 2.19. The molecule has 120 valence electrons. The molecule has 0 unspecified atom stereocenters. The third kappa shape index (κ3) is 7.08. The maximum atomic E-state index is 12.0. The van der Waals surface area contributed by atoms with Gasteiger partial charge in [-0.05, 0) is 6.54 Å². The van der Waals surface area contributed by atoms with Gasteiger partial charge in [0.1, 0.15) is 0 Å². The molecule has 7 heteroatoms. The van der Waals surface area contributed by atoms with Gasteiger partial charge in [-0.1, -0.05) is 6.92 Å². The average Bonchev–Trinajstić information content (AvgIpc) is 2.46. The summed E-state index contributed by atoms with van der Waals surface area (Å²) in [4.78, 5) is 38.3. The zero-order valence-corrected chi connectivity index (χ0v) is 13.0. The summed E-state index contributed by atoms with van der Waals surface area (Å²) in [5.41, 5.74) is 0. The van der Waals surface area contributed by atoms with Crippen molar-refractivity contribution in [1.82, 2.24) is 20.4 Å². The molecule has 1 aliphatic heterocycles. The Morgan fingerprint density at radius 3 is 2.14 bits per heavy atom. The molecule has 1 aliphatic rings. The second-order valence-corrected chi connectivity index (χ2v) is 5.15. The van der Waals surface area contributed by atoms with Crippen molar-refractivity contribution in [2.45, 2.75) is 26.7 Å². The number of hydrogen-bond acceptors (Lipinski definition) is 4. The number of nitrogens with zero attached hydrogens (tertiary/aromatic N) is 2. The average molecular weight is 298 g/mol. The van der Waals surface area contributed by atoms with E-state index >= 15 is 0 Å². The molecule has 1 saturated heterocycles. The summed E-state index contributed by atoms with van der Waals surface area (Å²) in [6, 6.07) is 0. The van der Waals surface area contributed by atoms with Crippen LogP contribution in [0.4, 0.5) is 0 Å². The molecule has 0 aromatic rings. The van der Waals surface area contributed by atoms with Gasteiger partial charge >= 0.3 is 0 Å². The van der Waals surface area contributed by atoms with Crippen molar-refractivity contribution in [3.05, 3.63) is 0 Å². The molecule has 3 amide bonds. The Kier molecular flexibility index (Phi) is 7.74. The molecule has 1 fully saturated rings. The van der Waals surface area contributed by atoms with Gasteiger partial charge in [0, 0.05) is 59.0 Å². The summed E-state index contributed by atoms with van der Waals surface area (Å²) in [6.07, 6.45) is 0.570. The van der Waals surface area contributed by atoms with E-state index in [0.717, 1.165) is 32.7 Å². The largest absolute Gasteiger partial charge is 0.356 e. The predicted molar refractivity (Wildman–Crippen MR) is 79.6 cm³/mol. The molecule has 21 heavy (non-hydrogen) atoms. The van der Waals surface area contributed by atoms with Gasteiger partial charge in [0.2, 0.25) is 17.7 Å². The summed E-state index contributed by atoms with van der Waals surface area (Å²) in [5, 5.41) is 5.26. The van der Waals surface area contributed by atoms with Crippen LogP contribution in [0.2, 0.25) is 0 Å².